The van der Waals surface area contributed by atoms with Gasteiger partial charge in [0.15, 0.2) is 6.04 Å². The SMILES string of the molecule is C[C@H](C(=O)O)n1nc(-c2ccc(F)cc2)ccc1=O. The molecule has 0 saturated carbocycles. The van der Waals surface area contributed by atoms with E-state index in [0.717, 1.165) is 4.68 Å². The summed E-state index contributed by atoms with van der Waals surface area (Å²) < 4.78 is 13.7. The molecular weight excluding hydrogens is 251 g/mol. The summed E-state index contributed by atoms with van der Waals surface area (Å²) in [4.78, 5) is 22.5. The van der Waals surface area contributed by atoms with Crippen LogP contribution in [0, 0.1) is 5.82 Å². The number of carboxylic acids is 1. The van der Waals surface area contributed by atoms with Crippen LogP contribution in [-0.2, 0) is 4.79 Å². The minimum atomic E-state index is -1.15. The number of nitrogens with zero attached hydrogens (tertiary/aromatic N) is 2. The fraction of sp³-hybridized carbons (Fsp3) is 0.154. The predicted octanol–water partition coefficient (Wildman–Crippen LogP) is 1.69. The molecule has 0 amide bonds. The molecule has 0 aliphatic carbocycles. The third-order valence-corrected chi connectivity index (χ3v) is 2.69. The summed E-state index contributed by atoms with van der Waals surface area (Å²) in [6.45, 7) is 1.37. The zero-order chi connectivity index (χ0) is 14.0. The smallest absolute Gasteiger partial charge is 0.328 e. The summed E-state index contributed by atoms with van der Waals surface area (Å²) in [5.74, 6) is -1.53. The molecule has 0 saturated heterocycles. The van der Waals surface area contributed by atoms with Crippen LogP contribution in [0.2, 0.25) is 0 Å². The van der Waals surface area contributed by atoms with Gasteiger partial charge in [0.05, 0.1) is 5.69 Å². The van der Waals surface area contributed by atoms with Crippen molar-refractivity contribution in [2.75, 3.05) is 0 Å². The van der Waals surface area contributed by atoms with Crippen LogP contribution in [0.15, 0.2) is 41.2 Å². The molecule has 1 N–H and O–H groups in total. The number of benzene rings is 1. The minimum Gasteiger partial charge on any atom is -0.480 e. The average Bonchev–Trinajstić information content (AvgIpc) is 2.39. The van der Waals surface area contributed by atoms with E-state index in [2.05, 4.69) is 5.10 Å². The Kier molecular flexibility index (Phi) is 3.41. The third-order valence-electron chi connectivity index (χ3n) is 2.69. The van der Waals surface area contributed by atoms with Crippen LogP contribution < -0.4 is 5.56 Å². The zero-order valence-electron chi connectivity index (χ0n) is 10.1. The number of hydrogen-bond acceptors (Lipinski definition) is 3. The zero-order valence-corrected chi connectivity index (χ0v) is 10.1. The molecule has 6 heteroatoms. The van der Waals surface area contributed by atoms with Gasteiger partial charge in [0.25, 0.3) is 5.56 Å². The van der Waals surface area contributed by atoms with E-state index in [0.29, 0.717) is 11.3 Å². The van der Waals surface area contributed by atoms with Crippen molar-refractivity contribution >= 4 is 5.97 Å². The highest BCUT2D eigenvalue weighted by atomic mass is 19.1. The first-order valence-corrected chi connectivity index (χ1v) is 5.57. The van der Waals surface area contributed by atoms with Crippen molar-refractivity contribution in [3.63, 3.8) is 0 Å². The molecule has 0 bridgehead atoms. The van der Waals surface area contributed by atoms with Gasteiger partial charge in [-0.1, -0.05) is 0 Å². The molecule has 1 aromatic heterocycles. The van der Waals surface area contributed by atoms with Crippen molar-refractivity contribution in [3.8, 4) is 11.3 Å². The Bertz CT molecular complexity index is 664. The Morgan fingerprint density at radius 2 is 1.89 bits per heavy atom. The van der Waals surface area contributed by atoms with Gasteiger partial charge in [0.2, 0.25) is 0 Å². The summed E-state index contributed by atoms with van der Waals surface area (Å²) in [6.07, 6.45) is 0. The molecule has 2 rings (SSSR count). The first kappa shape index (κ1) is 12.9. The molecule has 1 heterocycles. The Hall–Kier alpha value is -2.50. The van der Waals surface area contributed by atoms with Crippen LogP contribution in [0.4, 0.5) is 4.39 Å². The van der Waals surface area contributed by atoms with Gasteiger partial charge in [-0.05, 0) is 37.3 Å². The molecule has 0 aliphatic heterocycles. The lowest BCUT2D eigenvalue weighted by molar-refractivity contribution is -0.140. The van der Waals surface area contributed by atoms with Crippen LogP contribution in [0.5, 0.6) is 0 Å². The van der Waals surface area contributed by atoms with E-state index in [1.807, 2.05) is 0 Å². The Morgan fingerprint density at radius 1 is 1.26 bits per heavy atom. The highest BCUT2D eigenvalue weighted by Crippen LogP contribution is 2.16. The molecular formula is C13H11FN2O3. The van der Waals surface area contributed by atoms with E-state index in [4.69, 9.17) is 5.11 Å². The first-order chi connectivity index (χ1) is 8.99. The summed E-state index contributed by atoms with van der Waals surface area (Å²) in [7, 11) is 0. The molecule has 0 spiro atoms. The molecule has 1 aromatic carbocycles. The maximum atomic E-state index is 12.8. The Morgan fingerprint density at radius 3 is 2.47 bits per heavy atom. The maximum absolute atomic E-state index is 12.8. The Balaban J connectivity index is 2.49. The lowest BCUT2D eigenvalue weighted by Crippen LogP contribution is -2.29. The quantitative estimate of drug-likeness (QED) is 0.913. The van der Waals surface area contributed by atoms with Crippen molar-refractivity contribution < 1.29 is 14.3 Å². The molecule has 0 radical (unpaired) electrons. The van der Waals surface area contributed by atoms with E-state index in [1.165, 1.54) is 43.3 Å². The van der Waals surface area contributed by atoms with Crippen LogP contribution in [0.3, 0.4) is 0 Å². The second-order valence-electron chi connectivity index (χ2n) is 4.02. The van der Waals surface area contributed by atoms with Gasteiger partial charge >= 0.3 is 5.97 Å². The molecule has 0 aliphatic rings. The molecule has 1 atom stereocenters. The van der Waals surface area contributed by atoms with Gasteiger partial charge in [-0.2, -0.15) is 5.10 Å². The van der Waals surface area contributed by atoms with E-state index >= 15 is 0 Å². The number of carboxylic acid groups (broad SMARTS) is 1. The molecule has 0 fully saturated rings. The fourth-order valence-electron chi connectivity index (χ4n) is 1.58. The molecule has 5 nitrogen and oxygen atoms in total. The van der Waals surface area contributed by atoms with Crippen LogP contribution >= 0.6 is 0 Å². The summed E-state index contributed by atoms with van der Waals surface area (Å²) in [6, 6.07) is 7.22. The lowest BCUT2D eigenvalue weighted by Gasteiger charge is -2.10. The summed E-state index contributed by atoms with van der Waals surface area (Å²) in [5.41, 5.74) is 0.515. The van der Waals surface area contributed by atoms with Gasteiger partial charge in [-0.3, -0.25) is 4.79 Å². The molecule has 0 unspecified atom stereocenters. The van der Waals surface area contributed by atoms with Crippen LogP contribution in [0.1, 0.15) is 13.0 Å². The standard InChI is InChI=1S/C13H11FN2O3/c1-8(13(18)19)16-12(17)7-6-11(15-16)9-2-4-10(14)5-3-9/h2-8H,1H3,(H,18,19)/t8-/m1/s1. The summed E-state index contributed by atoms with van der Waals surface area (Å²) >= 11 is 0. The van der Waals surface area contributed by atoms with Gasteiger partial charge in [-0.25, -0.2) is 13.9 Å². The minimum absolute atomic E-state index is 0.379. The molecule has 19 heavy (non-hydrogen) atoms. The van der Waals surface area contributed by atoms with Gasteiger partial charge < -0.3 is 5.11 Å². The number of halogens is 1. The predicted molar refractivity (Wildman–Crippen MR) is 66.2 cm³/mol. The second-order valence-corrected chi connectivity index (χ2v) is 4.02. The largest absolute Gasteiger partial charge is 0.480 e. The van der Waals surface area contributed by atoms with Crippen molar-refractivity contribution in [1.82, 2.24) is 9.78 Å². The lowest BCUT2D eigenvalue weighted by atomic mass is 10.1. The maximum Gasteiger partial charge on any atom is 0.328 e. The highest BCUT2D eigenvalue weighted by Gasteiger charge is 2.16. The van der Waals surface area contributed by atoms with Gasteiger partial charge in [-0.15, -0.1) is 0 Å². The number of carbonyl (C=O) groups is 1. The van der Waals surface area contributed by atoms with E-state index < -0.39 is 17.6 Å². The van der Waals surface area contributed by atoms with Gasteiger partial charge in [0, 0.05) is 11.6 Å². The van der Waals surface area contributed by atoms with Crippen LogP contribution in [0.25, 0.3) is 11.3 Å². The highest BCUT2D eigenvalue weighted by molar-refractivity contribution is 5.71. The fourth-order valence-corrected chi connectivity index (χ4v) is 1.58. The van der Waals surface area contributed by atoms with Crippen molar-refractivity contribution in [3.05, 3.63) is 52.6 Å². The Labute approximate surface area is 107 Å². The molecule has 2 aromatic rings. The first-order valence-electron chi connectivity index (χ1n) is 5.57. The summed E-state index contributed by atoms with van der Waals surface area (Å²) in [5, 5.41) is 12.9. The van der Waals surface area contributed by atoms with E-state index in [9.17, 15) is 14.0 Å². The van der Waals surface area contributed by atoms with E-state index in [-0.39, 0.29) is 5.82 Å². The number of rotatable bonds is 3. The normalized spacial score (nSPS) is 12.1. The van der Waals surface area contributed by atoms with Crippen molar-refractivity contribution in [2.45, 2.75) is 13.0 Å². The van der Waals surface area contributed by atoms with Crippen molar-refractivity contribution in [2.24, 2.45) is 0 Å². The van der Waals surface area contributed by atoms with E-state index in [1.54, 1.807) is 0 Å². The van der Waals surface area contributed by atoms with Crippen LogP contribution in [-0.4, -0.2) is 20.9 Å². The number of hydrogen-bond donors (Lipinski definition) is 1. The van der Waals surface area contributed by atoms with Crippen molar-refractivity contribution in [1.29, 1.82) is 0 Å². The third kappa shape index (κ3) is 2.67. The molecule has 98 valence electrons. The van der Waals surface area contributed by atoms with Gasteiger partial charge in [0.1, 0.15) is 5.82 Å². The number of aromatic nitrogens is 2. The monoisotopic (exact) mass is 262 g/mol. The second kappa shape index (κ2) is 5.01. The average molecular weight is 262 g/mol. The number of aliphatic carboxylic acids is 1. The topological polar surface area (TPSA) is 72.2 Å².